The molecule has 0 bridgehead atoms. The number of aliphatic carboxylic acids is 1. The molecule has 3 aliphatic rings. The van der Waals surface area contributed by atoms with Crippen LogP contribution in [0.3, 0.4) is 0 Å². The highest BCUT2D eigenvalue weighted by Gasteiger charge is 2.50. The SMILES string of the molecule is CN(C(=O)c1ccc2c(c1)C(N1C=CC=C(C(=O)O)C1C(F)(F)F)CC2)C1CCN(c2ccnc(C(C)(C)C)n2)CC1. The topological polar surface area (TPSA) is 89.9 Å². The van der Waals surface area contributed by atoms with Gasteiger partial charge in [0.2, 0.25) is 0 Å². The van der Waals surface area contributed by atoms with Crippen LogP contribution < -0.4 is 4.90 Å². The fourth-order valence-corrected chi connectivity index (χ4v) is 6.16. The summed E-state index contributed by atoms with van der Waals surface area (Å²) in [5, 5.41) is 9.47. The molecule has 1 aliphatic carbocycles. The summed E-state index contributed by atoms with van der Waals surface area (Å²) in [5.41, 5.74) is 1.03. The van der Waals surface area contributed by atoms with E-state index in [0.29, 0.717) is 24.0 Å². The number of hydrogen-bond acceptors (Lipinski definition) is 6. The van der Waals surface area contributed by atoms with Crippen LogP contribution >= 0.6 is 0 Å². The maximum atomic E-state index is 14.1. The van der Waals surface area contributed by atoms with Gasteiger partial charge in [-0.05, 0) is 67.2 Å². The molecule has 2 aliphatic heterocycles. The van der Waals surface area contributed by atoms with Gasteiger partial charge in [-0.25, -0.2) is 14.8 Å². The molecule has 42 heavy (non-hydrogen) atoms. The molecule has 2 atom stereocenters. The fourth-order valence-electron chi connectivity index (χ4n) is 6.16. The van der Waals surface area contributed by atoms with Crippen LogP contribution in [0.15, 0.2) is 54.4 Å². The third-order valence-electron chi connectivity index (χ3n) is 8.45. The fraction of sp³-hybridized carbons (Fsp3) is 0.484. The molecule has 2 unspecified atom stereocenters. The Balaban J connectivity index is 1.30. The van der Waals surface area contributed by atoms with E-state index < -0.39 is 29.8 Å². The van der Waals surface area contributed by atoms with E-state index in [1.807, 2.05) is 12.1 Å². The summed E-state index contributed by atoms with van der Waals surface area (Å²) in [6.45, 7) is 7.68. The van der Waals surface area contributed by atoms with Crippen molar-refractivity contribution in [2.45, 2.75) is 76.2 Å². The summed E-state index contributed by atoms with van der Waals surface area (Å²) in [6, 6.07) is 4.18. The number of carboxylic acids is 1. The Labute approximate surface area is 243 Å². The lowest BCUT2D eigenvalue weighted by molar-refractivity contribution is -0.176. The van der Waals surface area contributed by atoms with E-state index in [1.165, 1.54) is 12.3 Å². The first-order valence-corrected chi connectivity index (χ1v) is 14.2. The number of nitrogens with zero attached hydrogens (tertiary/aromatic N) is 5. The van der Waals surface area contributed by atoms with Gasteiger partial charge >= 0.3 is 12.1 Å². The number of halogens is 3. The number of rotatable bonds is 5. The Kier molecular flexibility index (Phi) is 7.80. The lowest BCUT2D eigenvalue weighted by atomic mass is 9.95. The predicted molar refractivity (Wildman–Crippen MR) is 152 cm³/mol. The predicted octanol–water partition coefficient (Wildman–Crippen LogP) is 5.27. The molecule has 11 heteroatoms. The molecule has 2 aromatic rings. The van der Waals surface area contributed by atoms with E-state index in [0.717, 1.165) is 54.1 Å². The number of aryl methyl sites for hydroxylation is 1. The van der Waals surface area contributed by atoms with E-state index >= 15 is 0 Å². The Morgan fingerprint density at radius 2 is 1.79 bits per heavy atom. The van der Waals surface area contributed by atoms with Gasteiger partial charge in [0.1, 0.15) is 11.6 Å². The summed E-state index contributed by atoms with van der Waals surface area (Å²) in [4.78, 5) is 39.4. The molecule has 0 radical (unpaired) electrons. The number of benzene rings is 1. The number of allylic oxidation sites excluding steroid dienone is 2. The zero-order valence-corrected chi connectivity index (χ0v) is 24.2. The van der Waals surface area contributed by atoms with Crippen molar-refractivity contribution in [1.29, 1.82) is 0 Å². The number of hydrogen-bond donors (Lipinski definition) is 1. The highest BCUT2D eigenvalue weighted by Crippen LogP contribution is 2.43. The summed E-state index contributed by atoms with van der Waals surface area (Å²) < 4.78 is 42.3. The Bertz CT molecular complexity index is 1420. The van der Waals surface area contributed by atoms with E-state index in [9.17, 15) is 27.9 Å². The van der Waals surface area contributed by atoms with Crippen molar-refractivity contribution in [3.05, 3.63) is 76.9 Å². The Hall–Kier alpha value is -3.89. The van der Waals surface area contributed by atoms with Crippen LogP contribution in [0.4, 0.5) is 19.0 Å². The Morgan fingerprint density at radius 1 is 1.07 bits per heavy atom. The van der Waals surface area contributed by atoms with Crippen molar-refractivity contribution < 1.29 is 27.9 Å². The molecule has 5 rings (SSSR count). The molecule has 1 amide bonds. The van der Waals surface area contributed by atoms with Crippen molar-refractivity contribution in [1.82, 2.24) is 19.8 Å². The molecule has 8 nitrogen and oxygen atoms in total. The number of carboxylic acid groups (broad SMARTS) is 1. The van der Waals surface area contributed by atoms with Gasteiger partial charge in [0.25, 0.3) is 5.91 Å². The monoisotopic (exact) mass is 583 g/mol. The number of amides is 1. The van der Waals surface area contributed by atoms with Crippen LogP contribution in [0.5, 0.6) is 0 Å². The Morgan fingerprint density at radius 3 is 2.43 bits per heavy atom. The summed E-state index contributed by atoms with van der Waals surface area (Å²) in [6.07, 6.45) is 3.09. The number of aromatic nitrogens is 2. The van der Waals surface area contributed by atoms with Crippen LogP contribution in [0.2, 0.25) is 0 Å². The van der Waals surface area contributed by atoms with Crippen molar-refractivity contribution in [2.75, 3.05) is 25.0 Å². The van der Waals surface area contributed by atoms with Gasteiger partial charge in [0.15, 0.2) is 6.04 Å². The molecule has 3 heterocycles. The summed E-state index contributed by atoms with van der Waals surface area (Å²) >= 11 is 0. The molecular formula is C31H36F3N5O3. The molecule has 0 spiro atoms. The minimum atomic E-state index is -4.78. The van der Waals surface area contributed by atoms with E-state index in [-0.39, 0.29) is 17.4 Å². The quantitative estimate of drug-likeness (QED) is 0.513. The largest absolute Gasteiger partial charge is 0.478 e. The van der Waals surface area contributed by atoms with Crippen LogP contribution in [0.1, 0.15) is 73.4 Å². The van der Waals surface area contributed by atoms with Crippen LogP contribution in [-0.4, -0.2) is 75.1 Å². The van der Waals surface area contributed by atoms with Crippen molar-refractivity contribution >= 4 is 17.7 Å². The van der Waals surface area contributed by atoms with Crippen molar-refractivity contribution in [2.24, 2.45) is 0 Å². The first-order valence-electron chi connectivity index (χ1n) is 14.2. The number of carbonyl (C=O) groups is 2. The molecular weight excluding hydrogens is 547 g/mol. The van der Waals surface area contributed by atoms with Gasteiger partial charge in [0, 0.05) is 49.6 Å². The second-order valence-corrected chi connectivity index (χ2v) is 12.3. The van der Waals surface area contributed by atoms with Gasteiger partial charge in [0.05, 0.1) is 11.6 Å². The third kappa shape index (κ3) is 5.73. The highest BCUT2D eigenvalue weighted by molar-refractivity contribution is 5.94. The zero-order valence-electron chi connectivity index (χ0n) is 24.2. The summed E-state index contributed by atoms with van der Waals surface area (Å²) in [5.74, 6) is -0.138. The van der Waals surface area contributed by atoms with Gasteiger partial charge in [-0.1, -0.05) is 26.8 Å². The van der Waals surface area contributed by atoms with Crippen LogP contribution in [0, 0.1) is 0 Å². The number of alkyl halides is 3. The molecule has 1 aromatic carbocycles. The van der Waals surface area contributed by atoms with Gasteiger partial charge < -0.3 is 19.8 Å². The molecule has 0 saturated carbocycles. The average molecular weight is 584 g/mol. The highest BCUT2D eigenvalue weighted by atomic mass is 19.4. The first-order chi connectivity index (χ1) is 19.8. The minimum Gasteiger partial charge on any atom is -0.478 e. The number of piperidine rings is 1. The first kappa shape index (κ1) is 29.6. The van der Waals surface area contributed by atoms with Gasteiger partial charge in [-0.3, -0.25) is 4.79 Å². The second kappa shape index (κ2) is 11.1. The van der Waals surface area contributed by atoms with Gasteiger partial charge in [-0.15, -0.1) is 0 Å². The lowest BCUT2D eigenvalue weighted by Gasteiger charge is -2.39. The van der Waals surface area contributed by atoms with E-state index in [4.69, 9.17) is 4.98 Å². The smallest absolute Gasteiger partial charge is 0.413 e. The zero-order chi connectivity index (χ0) is 30.4. The van der Waals surface area contributed by atoms with Crippen molar-refractivity contribution in [3.8, 4) is 0 Å². The van der Waals surface area contributed by atoms with E-state index in [2.05, 4.69) is 30.7 Å². The maximum Gasteiger partial charge on any atom is 0.413 e. The number of anilines is 1. The van der Waals surface area contributed by atoms with Crippen LogP contribution in [-0.2, 0) is 16.6 Å². The molecule has 1 N–H and O–H groups in total. The third-order valence-corrected chi connectivity index (χ3v) is 8.45. The number of carbonyl (C=O) groups excluding carboxylic acids is 1. The molecule has 1 saturated heterocycles. The standard InChI is InChI=1S/C31H36F3N5O3/c1-30(2,3)29-35-14-11-25(36-29)38-16-12-21(13-17-38)37(4)27(40)20-8-7-19-9-10-24(23(19)18-20)39-15-5-6-22(28(41)42)26(39)31(32,33)34/h5-8,11,14-15,18,21,24,26H,9-10,12-13,16-17H2,1-4H3,(H,41,42). The number of fused-ring (bicyclic) bond motifs is 1. The average Bonchev–Trinajstić information content (AvgIpc) is 3.38. The lowest BCUT2D eigenvalue weighted by Crippen LogP contribution is -2.48. The van der Waals surface area contributed by atoms with Gasteiger partial charge in [-0.2, -0.15) is 13.2 Å². The maximum absolute atomic E-state index is 14.1. The molecule has 1 fully saturated rings. The molecule has 1 aromatic heterocycles. The van der Waals surface area contributed by atoms with Crippen LogP contribution in [0.25, 0.3) is 0 Å². The van der Waals surface area contributed by atoms with E-state index in [1.54, 1.807) is 30.3 Å². The molecule has 224 valence electrons. The van der Waals surface area contributed by atoms with Crippen molar-refractivity contribution in [3.63, 3.8) is 0 Å². The summed E-state index contributed by atoms with van der Waals surface area (Å²) in [7, 11) is 1.77. The normalized spacial score (nSPS) is 21.3. The second-order valence-electron chi connectivity index (χ2n) is 12.3. The minimum absolute atomic E-state index is 0.00428.